The highest BCUT2D eigenvalue weighted by Crippen LogP contribution is 2.25. The third kappa shape index (κ3) is 4.80. The maximum atomic E-state index is 5.30. The SMILES string of the molecule is CCNC(c1ccccc1)C(C)CN1CCC(COC)C1. The smallest absolute Gasteiger partial charge is 0.0503 e. The van der Waals surface area contributed by atoms with Crippen molar-refractivity contribution in [2.45, 2.75) is 26.3 Å². The number of likely N-dealkylation sites (tertiary alicyclic amines) is 1. The molecule has 1 aromatic rings. The van der Waals surface area contributed by atoms with Gasteiger partial charge in [0.05, 0.1) is 6.61 Å². The number of benzene rings is 1. The van der Waals surface area contributed by atoms with Crippen LogP contribution in [0.25, 0.3) is 0 Å². The van der Waals surface area contributed by atoms with E-state index in [4.69, 9.17) is 4.74 Å². The number of hydrogen-bond acceptors (Lipinski definition) is 3. The molecular weight excluding hydrogens is 260 g/mol. The van der Waals surface area contributed by atoms with Crippen LogP contribution >= 0.6 is 0 Å². The minimum Gasteiger partial charge on any atom is -0.384 e. The molecule has 0 spiro atoms. The Balaban J connectivity index is 1.92. The quantitative estimate of drug-likeness (QED) is 0.796. The highest BCUT2D eigenvalue weighted by Gasteiger charge is 2.26. The van der Waals surface area contributed by atoms with E-state index in [1.807, 2.05) is 7.11 Å². The Morgan fingerprint density at radius 3 is 2.76 bits per heavy atom. The number of methoxy groups -OCH3 is 1. The average molecular weight is 290 g/mol. The van der Waals surface area contributed by atoms with Crippen LogP contribution in [0.1, 0.15) is 31.9 Å². The molecule has 0 aliphatic carbocycles. The first-order chi connectivity index (χ1) is 10.2. The molecule has 0 radical (unpaired) electrons. The van der Waals surface area contributed by atoms with Crippen molar-refractivity contribution in [3.8, 4) is 0 Å². The fraction of sp³-hybridized carbons (Fsp3) is 0.667. The van der Waals surface area contributed by atoms with Gasteiger partial charge in [0, 0.05) is 26.2 Å². The Morgan fingerprint density at radius 1 is 1.33 bits per heavy atom. The van der Waals surface area contributed by atoms with Gasteiger partial charge in [-0.3, -0.25) is 0 Å². The van der Waals surface area contributed by atoms with Crippen LogP contribution in [0, 0.1) is 11.8 Å². The van der Waals surface area contributed by atoms with Gasteiger partial charge in [0.1, 0.15) is 0 Å². The number of rotatable bonds is 8. The predicted octanol–water partition coefficient (Wildman–Crippen LogP) is 2.94. The summed E-state index contributed by atoms with van der Waals surface area (Å²) in [5, 5.41) is 3.66. The maximum Gasteiger partial charge on any atom is 0.0503 e. The highest BCUT2D eigenvalue weighted by molar-refractivity contribution is 5.19. The predicted molar refractivity (Wildman–Crippen MR) is 88.4 cm³/mol. The van der Waals surface area contributed by atoms with E-state index >= 15 is 0 Å². The van der Waals surface area contributed by atoms with E-state index in [2.05, 4.69) is 54.4 Å². The van der Waals surface area contributed by atoms with Gasteiger partial charge in [0.25, 0.3) is 0 Å². The monoisotopic (exact) mass is 290 g/mol. The highest BCUT2D eigenvalue weighted by atomic mass is 16.5. The van der Waals surface area contributed by atoms with Gasteiger partial charge < -0.3 is 15.0 Å². The number of nitrogens with zero attached hydrogens (tertiary/aromatic N) is 1. The Kier molecular flexibility index (Phi) is 6.68. The standard InChI is InChI=1S/C18H30N2O/c1-4-19-18(17-8-6-5-7-9-17)15(2)12-20-11-10-16(13-20)14-21-3/h5-9,15-16,18-19H,4,10-14H2,1-3H3. The molecule has 0 aromatic heterocycles. The largest absolute Gasteiger partial charge is 0.384 e. The zero-order chi connectivity index (χ0) is 15.1. The number of hydrogen-bond donors (Lipinski definition) is 1. The van der Waals surface area contributed by atoms with E-state index in [0.29, 0.717) is 12.0 Å². The van der Waals surface area contributed by atoms with Crippen LogP contribution in [-0.2, 0) is 4.74 Å². The molecular formula is C18H30N2O. The van der Waals surface area contributed by atoms with Crippen molar-refractivity contribution >= 4 is 0 Å². The van der Waals surface area contributed by atoms with Gasteiger partial charge in [-0.05, 0) is 36.9 Å². The lowest BCUT2D eigenvalue weighted by atomic mass is 9.94. The minimum atomic E-state index is 0.442. The minimum absolute atomic E-state index is 0.442. The molecule has 3 nitrogen and oxygen atoms in total. The van der Waals surface area contributed by atoms with E-state index in [1.165, 1.54) is 25.1 Å². The first-order valence-electron chi connectivity index (χ1n) is 8.24. The average Bonchev–Trinajstić information content (AvgIpc) is 2.93. The Bertz CT molecular complexity index is 395. The van der Waals surface area contributed by atoms with Crippen molar-refractivity contribution in [2.75, 3.05) is 39.9 Å². The summed E-state index contributed by atoms with van der Waals surface area (Å²) in [6.07, 6.45) is 1.28. The van der Waals surface area contributed by atoms with Crippen molar-refractivity contribution in [3.05, 3.63) is 35.9 Å². The van der Waals surface area contributed by atoms with E-state index in [9.17, 15) is 0 Å². The molecule has 1 saturated heterocycles. The van der Waals surface area contributed by atoms with Gasteiger partial charge in [-0.15, -0.1) is 0 Å². The van der Waals surface area contributed by atoms with Gasteiger partial charge >= 0.3 is 0 Å². The summed E-state index contributed by atoms with van der Waals surface area (Å²) in [7, 11) is 1.81. The summed E-state index contributed by atoms with van der Waals surface area (Å²) >= 11 is 0. The molecule has 3 unspecified atom stereocenters. The fourth-order valence-electron chi connectivity index (χ4n) is 3.49. The number of ether oxygens (including phenoxy) is 1. The number of nitrogens with one attached hydrogen (secondary N) is 1. The summed E-state index contributed by atoms with van der Waals surface area (Å²) in [4.78, 5) is 2.60. The third-order valence-corrected chi connectivity index (χ3v) is 4.47. The molecule has 1 aliphatic heterocycles. The first kappa shape index (κ1) is 16.5. The molecule has 21 heavy (non-hydrogen) atoms. The van der Waals surface area contributed by atoms with Crippen LogP contribution in [0.5, 0.6) is 0 Å². The Hall–Kier alpha value is -0.900. The molecule has 3 heteroatoms. The zero-order valence-electron chi connectivity index (χ0n) is 13.7. The van der Waals surface area contributed by atoms with Crippen molar-refractivity contribution in [2.24, 2.45) is 11.8 Å². The Labute approximate surface area is 129 Å². The lowest BCUT2D eigenvalue weighted by molar-refractivity contribution is 0.150. The molecule has 1 N–H and O–H groups in total. The lowest BCUT2D eigenvalue weighted by Gasteiger charge is -2.29. The van der Waals surface area contributed by atoms with Crippen molar-refractivity contribution in [1.29, 1.82) is 0 Å². The van der Waals surface area contributed by atoms with Gasteiger partial charge in [-0.25, -0.2) is 0 Å². The van der Waals surface area contributed by atoms with Gasteiger partial charge in [0.15, 0.2) is 0 Å². The maximum absolute atomic E-state index is 5.30. The first-order valence-corrected chi connectivity index (χ1v) is 8.24. The summed E-state index contributed by atoms with van der Waals surface area (Å²) in [5.41, 5.74) is 1.40. The van der Waals surface area contributed by atoms with E-state index in [1.54, 1.807) is 0 Å². The van der Waals surface area contributed by atoms with E-state index < -0.39 is 0 Å². The molecule has 1 heterocycles. The van der Waals surface area contributed by atoms with Crippen molar-refractivity contribution in [1.82, 2.24) is 10.2 Å². The third-order valence-electron chi connectivity index (χ3n) is 4.47. The molecule has 1 fully saturated rings. The molecule has 0 saturated carbocycles. The van der Waals surface area contributed by atoms with Crippen LogP contribution in [0.3, 0.4) is 0 Å². The van der Waals surface area contributed by atoms with Crippen LogP contribution in [0.15, 0.2) is 30.3 Å². The normalized spacial score (nSPS) is 22.3. The lowest BCUT2D eigenvalue weighted by Crippen LogP contribution is -2.35. The second-order valence-corrected chi connectivity index (χ2v) is 6.29. The zero-order valence-corrected chi connectivity index (χ0v) is 13.7. The van der Waals surface area contributed by atoms with Gasteiger partial charge in [-0.2, -0.15) is 0 Å². The molecule has 2 rings (SSSR count). The van der Waals surface area contributed by atoms with E-state index in [0.717, 1.165) is 25.6 Å². The van der Waals surface area contributed by atoms with Crippen molar-refractivity contribution < 1.29 is 4.74 Å². The van der Waals surface area contributed by atoms with Gasteiger partial charge in [-0.1, -0.05) is 44.2 Å². The molecule has 0 bridgehead atoms. The molecule has 3 atom stereocenters. The molecule has 1 aromatic carbocycles. The second-order valence-electron chi connectivity index (χ2n) is 6.29. The summed E-state index contributed by atoms with van der Waals surface area (Å²) in [5.74, 6) is 1.32. The van der Waals surface area contributed by atoms with E-state index in [-0.39, 0.29) is 0 Å². The molecule has 118 valence electrons. The summed E-state index contributed by atoms with van der Waals surface area (Å²) in [6, 6.07) is 11.3. The second kappa shape index (κ2) is 8.52. The topological polar surface area (TPSA) is 24.5 Å². The van der Waals surface area contributed by atoms with Crippen molar-refractivity contribution in [3.63, 3.8) is 0 Å². The Morgan fingerprint density at radius 2 is 2.10 bits per heavy atom. The summed E-state index contributed by atoms with van der Waals surface area (Å²) in [6.45, 7) is 10.0. The van der Waals surface area contributed by atoms with Crippen LogP contribution in [0.2, 0.25) is 0 Å². The molecule has 0 amide bonds. The van der Waals surface area contributed by atoms with Crippen LogP contribution in [-0.4, -0.2) is 44.8 Å². The van der Waals surface area contributed by atoms with Crippen LogP contribution < -0.4 is 5.32 Å². The molecule has 1 aliphatic rings. The van der Waals surface area contributed by atoms with Gasteiger partial charge in [0.2, 0.25) is 0 Å². The summed E-state index contributed by atoms with van der Waals surface area (Å²) < 4.78 is 5.30. The fourth-order valence-corrected chi connectivity index (χ4v) is 3.49. The van der Waals surface area contributed by atoms with Crippen LogP contribution in [0.4, 0.5) is 0 Å².